The summed E-state index contributed by atoms with van der Waals surface area (Å²) >= 11 is 6.39. The maximum atomic E-state index is 5.37. The highest BCUT2D eigenvalue weighted by atomic mass is 32.2. The molecule has 3 heteroatoms. The number of rotatable bonds is 1. The molecule has 0 N–H and O–H groups in total. The first-order valence-corrected chi connectivity index (χ1v) is 4.87. The van der Waals surface area contributed by atoms with Crippen molar-refractivity contribution in [1.29, 1.82) is 0 Å². The summed E-state index contributed by atoms with van der Waals surface area (Å²) in [5, 5.41) is 0. The van der Waals surface area contributed by atoms with Crippen molar-refractivity contribution in [2.45, 2.75) is 18.9 Å². The van der Waals surface area contributed by atoms with Gasteiger partial charge in [-0.15, -0.1) is 0 Å². The Morgan fingerprint density at radius 2 is 2.60 bits per heavy atom. The van der Waals surface area contributed by atoms with E-state index in [4.69, 9.17) is 17.0 Å². The highest BCUT2D eigenvalue weighted by molar-refractivity contribution is 8.22. The Balaban J connectivity index is 2.24. The fourth-order valence-electron chi connectivity index (χ4n) is 0.875. The number of hydrogen-bond acceptors (Lipinski definition) is 3. The van der Waals surface area contributed by atoms with Gasteiger partial charge in [-0.2, -0.15) is 0 Å². The molecule has 0 heterocycles. The Morgan fingerprint density at radius 1 is 1.80 bits per heavy atom. The Hall–Kier alpha value is -0.0200. The van der Waals surface area contributed by atoms with Gasteiger partial charge in [-0.1, -0.05) is 17.8 Å². The number of thiocarbonyl (C=S) groups is 1. The van der Waals surface area contributed by atoms with Gasteiger partial charge >= 0.3 is 0 Å². The van der Waals surface area contributed by atoms with Crippen LogP contribution in [-0.4, -0.2) is 16.7 Å². The van der Waals surface area contributed by atoms with E-state index in [1.54, 1.807) is 0 Å². The average Bonchev–Trinajstić information content (AvgIpc) is 2.40. The zero-order valence-corrected chi connectivity index (χ0v) is 7.50. The smallest absolute Gasteiger partial charge is 0.220 e. The van der Waals surface area contributed by atoms with E-state index in [0.717, 1.165) is 12.8 Å². The van der Waals surface area contributed by atoms with Crippen molar-refractivity contribution >= 4 is 28.4 Å². The van der Waals surface area contributed by atoms with Crippen LogP contribution in [0.1, 0.15) is 12.8 Å². The van der Waals surface area contributed by atoms with E-state index in [0.29, 0.717) is 4.38 Å². The van der Waals surface area contributed by atoms with Crippen LogP contribution in [0.2, 0.25) is 0 Å². The van der Waals surface area contributed by atoms with E-state index < -0.39 is 0 Å². The molecule has 1 unspecified atom stereocenters. The van der Waals surface area contributed by atoms with E-state index in [1.165, 1.54) is 11.8 Å². The third-order valence-electron chi connectivity index (χ3n) is 1.38. The van der Waals surface area contributed by atoms with Crippen molar-refractivity contribution in [3.63, 3.8) is 0 Å². The predicted octanol–water partition coefficient (Wildman–Crippen LogP) is 2.37. The van der Waals surface area contributed by atoms with Crippen molar-refractivity contribution in [2.75, 3.05) is 6.26 Å². The molecule has 0 saturated heterocycles. The van der Waals surface area contributed by atoms with Gasteiger partial charge in [0, 0.05) is 0 Å². The highest BCUT2D eigenvalue weighted by Crippen LogP contribution is 2.15. The van der Waals surface area contributed by atoms with Crippen molar-refractivity contribution in [2.24, 2.45) is 0 Å². The normalized spacial score (nSPS) is 23.1. The first-order chi connectivity index (χ1) is 4.83. The first kappa shape index (κ1) is 8.08. The summed E-state index contributed by atoms with van der Waals surface area (Å²) in [5.74, 6) is 0. The molecule has 0 aromatic heterocycles. The molecule has 0 fully saturated rings. The summed E-state index contributed by atoms with van der Waals surface area (Å²) in [6.45, 7) is 0. The topological polar surface area (TPSA) is 9.23 Å². The third-order valence-corrected chi connectivity index (χ3v) is 2.41. The van der Waals surface area contributed by atoms with Gasteiger partial charge < -0.3 is 4.74 Å². The lowest BCUT2D eigenvalue weighted by Crippen LogP contribution is -2.08. The lowest BCUT2D eigenvalue weighted by Gasteiger charge is -2.09. The predicted molar refractivity (Wildman–Crippen MR) is 49.4 cm³/mol. The van der Waals surface area contributed by atoms with Gasteiger partial charge in [0.05, 0.1) is 0 Å². The van der Waals surface area contributed by atoms with Gasteiger partial charge in [-0.25, -0.2) is 0 Å². The van der Waals surface area contributed by atoms with E-state index >= 15 is 0 Å². The van der Waals surface area contributed by atoms with E-state index in [9.17, 15) is 0 Å². The Bertz CT molecular complexity index is 154. The maximum absolute atomic E-state index is 5.37. The molecule has 0 aromatic rings. The van der Waals surface area contributed by atoms with Gasteiger partial charge in [0.1, 0.15) is 6.10 Å². The minimum absolute atomic E-state index is 0.250. The molecule has 0 aliphatic heterocycles. The molecule has 1 aliphatic rings. The van der Waals surface area contributed by atoms with Gasteiger partial charge in [-0.3, -0.25) is 0 Å². The van der Waals surface area contributed by atoms with Crippen molar-refractivity contribution in [3.05, 3.63) is 12.2 Å². The number of allylic oxidation sites excluding steroid dienone is 1. The lowest BCUT2D eigenvalue weighted by atomic mass is 10.3. The molecule has 56 valence electrons. The monoisotopic (exact) mass is 174 g/mol. The van der Waals surface area contributed by atoms with E-state index in [-0.39, 0.29) is 6.10 Å². The SMILES string of the molecule is CSC(=S)OC1C=CCC1. The third kappa shape index (κ3) is 2.31. The zero-order chi connectivity index (χ0) is 7.40. The van der Waals surface area contributed by atoms with Crippen molar-refractivity contribution < 1.29 is 4.74 Å². The summed E-state index contributed by atoms with van der Waals surface area (Å²) in [4.78, 5) is 0. The van der Waals surface area contributed by atoms with Crippen LogP contribution in [0.15, 0.2) is 12.2 Å². The molecule has 1 nitrogen and oxygen atoms in total. The Kier molecular flexibility index (Phi) is 3.22. The summed E-state index contributed by atoms with van der Waals surface area (Å²) in [5.41, 5.74) is 0. The molecule has 1 aliphatic carbocycles. The lowest BCUT2D eigenvalue weighted by molar-refractivity contribution is 0.250. The van der Waals surface area contributed by atoms with Crippen molar-refractivity contribution in [3.8, 4) is 0 Å². The summed E-state index contributed by atoms with van der Waals surface area (Å²) in [6, 6.07) is 0. The first-order valence-electron chi connectivity index (χ1n) is 3.24. The highest BCUT2D eigenvalue weighted by Gasteiger charge is 2.10. The summed E-state index contributed by atoms with van der Waals surface area (Å²) < 4.78 is 6.02. The fraction of sp³-hybridized carbons (Fsp3) is 0.571. The largest absolute Gasteiger partial charge is 0.471 e. The fourth-order valence-corrected chi connectivity index (χ4v) is 1.22. The van der Waals surface area contributed by atoms with Gasteiger partial charge in [0.2, 0.25) is 4.38 Å². The van der Waals surface area contributed by atoms with Crippen LogP contribution in [0.5, 0.6) is 0 Å². The molecule has 1 atom stereocenters. The van der Waals surface area contributed by atoms with Gasteiger partial charge in [-0.05, 0) is 37.4 Å². The molecule has 0 aromatic carbocycles. The molecule has 0 spiro atoms. The Morgan fingerprint density at radius 3 is 3.10 bits per heavy atom. The molecule has 0 radical (unpaired) electrons. The molecule has 0 bridgehead atoms. The number of hydrogen-bond donors (Lipinski definition) is 0. The minimum Gasteiger partial charge on any atom is -0.471 e. The van der Waals surface area contributed by atoms with Crippen LogP contribution in [-0.2, 0) is 4.74 Å². The number of thioether (sulfide) groups is 1. The van der Waals surface area contributed by atoms with Crippen LogP contribution in [0, 0.1) is 0 Å². The quantitative estimate of drug-likeness (QED) is 0.446. The molecular weight excluding hydrogens is 164 g/mol. The molecule has 0 amide bonds. The summed E-state index contributed by atoms with van der Waals surface area (Å²) in [7, 11) is 0. The average molecular weight is 174 g/mol. The van der Waals surface area contributed by atoms with Crippen LogP contribution >= 0.6 is 24.0 Å². The van der Waals surface area contributed by atoms with Crippen LogP contribution in [0.4, 0.5) is 0 Å². The summed E-state index contributed by atoms with van der Waals surface area (Å²) in [6.07, 6.45) is 8.60. The minimum atomic E-state index is 0.250. The van der Waals surface area contributed by atoms with Crippen molar-refractivity contribution in [1.82, 2.24) is 0 Å². The standard InChI is InChI=1S/C7H10OS2/c1-10-7(9)8-6-4-2-3-5-6/h2,4,6H,3,5H2,1H3. The van der Waals surface area contributed by atoms with Gasteiger partial charge in [0.15, 0.2) is 0 Å². The molecule has 10 heavy (non-hydrogen) atoms. The van der Waals surface area contributed by atoms with Crippen LogP contribution in [0.3, 0.4) is 0 Å². The molecular formula is C7H10OS2. The van der Waals surface area contributed by atoms with E-state index in [2.05, 4.69) is 12.2 Å². The van der Waals surface area contributed by atoms with Gasteiger partial charge in [0.25, 0.3) is 0 Å². The number of ether oxygens (including phenoxy) is 1. The van der Waals surface area contributed by atoms with E-state index in [1.807, 2.05) is 6.26 Å². The van der Waals surface area contributed by atoms with Crippen LogP contribution in [0.25, 0.3) is 0 Å². The van der Waals surface area contributed by atoms with Crippen LogP contribution < -0.4 is 0 Å². The Labute approximate surface area is 70.8 Å². The zero-order valence-electron chi connectivity index (χ0n) is 5.87. The molecule has 1 rings (SSSR count). The maximum Gasteiger partial charge on any atom is 0.220 e. The second-order valence-electron chi connectivity index (χ2n) is 2.12. The molecule has 0 saturated carbocycles. The second-order valence-corrected chi connectivity index (χ2v) is 3.52. The second kappa shape index (κ2) is 3.98.